The van der Waals surface area contributed by atoms with Crippen molar-refractivity contribution in [1.29, 1.82) is 0 Å². The van der Waals surface area contributed by atoms with Gasteiger partial charge in [-0.1, -0.05) is 0 Å². The number of ether oxygens (including phenoxy) is 3. The molecule has 1 heterocycles. The zero-order chi connectivity index (χ0) is 23.6. The molecular formula is C25H26N2O6. The topological polar surface area (TPSA) is 99.0 Å². The summed E-state index contributed by atoms with van der Waals surface area (Å²) >= 11 is 0. The lowest BCUT2D eigenvalue weighted by molar-refractivity contribution is -0.118. The van der Waals surface area contributed by atoms with Crippen LogP contribution in [-0.4, -0.2) is 38.7 Å². The summed E-state index contributed by atoms with van der Waals surface area (Å²) in [6.07, 6.45) is 2.95. The van der Waals surface area contributed by atoms with E-state index >= 15 is 0 Å². The molecule has 0 fully saturated rings. The maximum absolute atomic E-state index is 12.9. The maximum atomic E-state index is 12.9. The number of nitrogens with one attached hydrogen (secondary N) is 2. The lowest BCUT2D eigenvalue weighted by Gasteiger charge is -2.17. The molecule has 1 aromatic heterocycles. The minimum atomic E-state index is -0.473. The van der Waals surface area contributed by atoms with E-state index in [0.717, 1.165) is 5.75 Å². The van der Waals surface area contributed by atoms with Gasteiger partial charge in [-0.05, 0) is 67.6 Å². The first kappa shape index (κ1) is 23.5. The highest BCUT2D eigenvalue weighted by Gasteiger charge is 2.17. The van der Waals surface area contributed by atoms with E-state index in [0.29, 0.717) is 22.8 Å². The van der Waals surface area contributed by atoms with Crippen LogP contribution in [0.4, 0.5) is 0 Å². The molecule has 0 aliphatic rings. The Labute approximate surface area is 192 Å². The molecule has 0 aliphatic carbocycles. The highest BCUT2D eigenvalue weighted by Crippen LogP contribution is 2.17. The first-order valence-electron chi connectivity index (χ1n) is 10.3. The molecule has 0 radical (unpaired) electrons. The van der Waals surface area contributed by atoms with Gasteiger partial charge in [0.25, 0.3) is 11.8 Å². The van der Waals surface area contributed by atoms with Gasteiger partial charge in [0.05, 0.1) is 26.5 Å². The molecule has 172 valence electrons. The molecule has 0 saturated carbocycles. The Kier molecular flexibility index (Phi) is 8.13. The molecule has 0 unspecified atom stereocenters. The monoisotopic (exact) mass is 450 g/mol. The van der Waals surface area contributed by atoms with E-state index in [1.54, 1.807) is 81.8 Å². The Balaban J connectivity index is 1.65. The van der Waals surface area contributed by atoms with Crippen LogP contribution in [0.2, 0.25) is 0 Å². The summed E-state index contributed by atoms with van der Waals surface area (Å²) in [7, 11) is 3.14. The minimum Gasteiger partial charge on any atom is -0.497 e. The molecule has 33 heavy (non-hydrogen) atoms. The minimum absolute atomic E-state index is 0.0436. The van der Waals surface area contributed by atoms with E-state index < -0.39 is 11.8 Å². The average molecular weight is 450 g/mol. The Morgan fingerprint density at radius 1 is 0.939 bits per heavy atom. The molecule has 0 bridgehead atoms. The SMILES string of the molecule is COc1ccc(OC[C@H](C)NC(=O)/C(=C/c2ccco2)NC(=O)c2ccc(OC)cc2)cc1. The summed E-state index contributed by atoms with van der Waals surface area (Å²) in [5, 5.41) is 5.48. The Morgan fingerprint density at radius 3 is 2.12 bits per heavy atom. The number of benzene rings is 2. The number of carbonyl (C=O) groups is 2. The predicted molar refractivity (Wildman–Crippen MR) is 123 cm³/mol. The van der Waals surface area contributed by atoms with Crippen molar-refractivity contribution in [2.75, 3.05) is 20.8 Å². The van der Waals surface area contributed by atoms with Crippen molar-refractivity contribution in [3.05, 3.63) is 83.9 Å². The van der Waals surface area contributed by atoms with Gasteiger partial charge in [-0.15, -0.1) is 0 Å². The van der Waals surface area contributed by atoms with Gasteiger partial charge in [-0.3, -0.25) is 9.59 Å². The van der Waals surface area contributed by atoms with Crippen molar-refractivity contribution in [2.24, 2.45) is 0 Å². The molecule has 8 heteroatoms. The standard InChI is InChI=1S/C25H26N2O6/c1-17(16-33-21-12-10-20(31-3)11-13-21)26-25(29)23(15-22-5-4-14-32-22)27-24(28)18-6-8-19(30-2)9-7-18/h4-15,17H,16H2,1-3H3,(H,26,29)(H,27,28)/b23-15-/t17-/m0/s1. The van der Waals surface area contributed by atoms with Gasteiger partial charge < -0.3 is 29.3 Å². The number of carbonyl (C=O) groups excluding carboxylic acids is 2. The lowest BCUT2D eigenvalue weighted by atomic mass is 10.2. The van der Waals surface area contributed by atoms with Crippen LogP contribution in [0.25, 0.3) is 6.08 Å². The van der Waals surface area contributed by atoms with Gasteiger partial charge in [0, 0.05) is 11.6 Å². The van der Waals surface area contributed by atoms with E-state index in [4.69, 9.17) is 18.6 Å². The highest BCUT2D eigenvalue weighted by molar-refractivity contribution is 6.05. The fraction of sp³-hybridized carbons (Fsp3) is 0.200. The number of hydrogen-bond acceptors (Lipinski definition) is 6. The summed E-state index contributed by atoms with van der Waals surface area (Å²) in [5.41, 5.74) is 0.423. The highest BCUT2D eigenvalue weighted by atomic mass is 16.5. The van der Waals surface area contributed by atoms with E-state index in [9.17, 15) is 9.59 Å². The number of methoxy groups -OCH3 is 2. The number of rotatable bonds is 10. The normalized spacial score (nSPS) is 11.9. The van der Waals surface area contributed by atoms with Crippen LogP contribution in [0.5, 0.6) is 17.2 Å². The first-order valence-corrected chi connectivity index (χ1v) is 10.3. The second kappa shape index (κ2) is 11.4. The van der Waals surface area contributed by atoms with Crippen LogP contribution in [0.15, 0.2) is 77.0 Å². The van der Waals surface area contributed by atoms with Gasteiger partial charge in [0.2, 0.25) is 0 Å². The zero-order valence-corrected chi connectivity index (χ0v) is 18.7. The van der Waals surface area contributed by atoms with E-state index in [1.807, 2.05) is 0 Å². The smallest absolute Gasteiger partial charge is 0.268 e. The molecular weight excluding hydrogens is 424 g/mol. The maximum Gasteiger partial charge on any atom is 0.268 e. The van der Waals surface area contributed by atoms with Gasteiger partial charge in [-0.25, -0.2) is 0 Å². The second-order valence-corrected chi connectivity index (χ2v) is 7.12. The van der Waals surface area contributed by atoms with Gasteiger partial charge in [0.1, 0.15) is 35.3 Å². The Bertz CT molecular complexity index is 1070. The predicted octanol–water partition coefficient (Wildman–Crippen LogP) is 3.65. The van der Waals surface area contributed by atoms with Crippen molar-refractivity contribution in [3.8, 4) is 17.2 Å². The molecule has 2 aromatic carbocycles. The number of amides is 2. The Hall–Kier alpha value is -4.20. The van der Waals surface area contributed by atoms with Crippen LogP contribution in [0.3, 0.4) is 0 Å². The van der Waals surface area contributed by atoms with Crippen molar-refractivity contribution in [2.45, 2.75) is 13.0 Å². The number of furan rings is 1. The van der Waals surface area contributed by atoms with Gasteiger partial charge in [0.15, 0.2) is 0 Å². The van der Waals surface area contributed by atoms with E-state index in [-0.39, 0.29) is 18.3 Å². The van der Waals surface area contributed by atoms with Crippen LogP contribution < -0.4 is 24.8 Å². The molecule has 3 aromatic rings. The summed E-state index contributed by atoms with van der Waals surface area (Å²) < 4.78 is 21.3. The van der Waals surface area contributed by atoms with Gasteiger partial charge in [-0.2, -0.15) is 0 Å². The van der Waals surface area contributed by atoms with Crippen LogP contribution in [0, 0.1) is 0 Å². The molecule has 2 N–H and O–H groups in total. The summed E-state index contributed by atoms with van der Waals surface area (Å²) in [4.78, 5) is 25.6. The zero-order valence-electron chi connectivity index (χ0n) is 18.7. The van der Waals surface area contributed by atoms with Crippen molar-refractivity contribution in [3.63, 3.8) is 0 Å². The van der Waals surface area contributed by atoms with Crippen molar-refractivity contribution < 1.29 is 28.2 Å². The van der Waals surface area contributed by atoms with E-state index in [2.05, 4.69) is 10.6 Å². The summed E-state index contributed by atoms with van der Waals surface area (Å²) in [6, 6.07) is 16.7. The molecule has 0 saturated heterocycles. The largest absolute Gasteiger partial charge is 0.497 e. The van der Waals surface area contributed by atoms with Crippen LogP contribution in [0.1, 0.15) is 23.0 Å². The van der Waals surface area contributed by atoms with Crippen molar-refractivity contribution >= 4 is 17.9 Å². The van der Waals surface area contributed by atoms with Crippen molar-refractivity contribution in [1.82, 2.24) is 10.6 Å². The third kappa shape index (κ3) is 6.90. The first-order chi connectivity index (χ1) is 16.0. The van der Waals surface area contributed by atoms with E-state index in [1.165, 1.54) is 12.3 Å². The fourth-order valence-electron chi connectivity index (χ4n) is 2.85. The molecule has 2 amide bonds. The average Bonchev–Trinajstić information content (AvgIpc) is 3.35. The molecule has 3 rings (SSSR count). The quantitative estimate of drug-likeness (QED) is 0.458. The summed E-state index contributed by atoms with van der Waals surface area (Å²) in [5.74, 6) is 1.52. The Morgan fingerprint density at radius 2 is 1.55 bits per heavy atom. The lowest BCUT2D eigenvalue weighted by Crippen LogP contribution is -2.41. The number of hydrogen-bond donors (Lipinski definition) is 2. The molecule has 0 spiro atoms. The van der Waals surface area contributed by atoms with Crippen LogP contribution in [-0.2, 0) is 4.79 Å². The molecule has 1 atom stereocenters. The van der Waals surface area contributed by atoms with Gasteiger partial charge >= 0.3 is 0 Å². The third-order valence-corrected chi connectivity index (χ3v) is 4.61. The van der Waals surface area contributed by atoms with Crippen LogP contribution >= 0.6 is 0 Å². The fourth-order valence-corrected chi connectivity index (χ4v) is 2.85. The molecule has 0 aliphatic heterocycles. The summed E-state index contributed by atoms with van der Waals surface area (Å²) in [6.45, 7) is 2.04. The third-order valence-electron chi connectivity index (χ3n) is 4.61. The second-order valence-electron chi connectivity index (χ2n) is 7.12. The molecule has 8 nitrogen and oxygen atoms in total.